The third-order valence-corrected chi connectivity index (χ3v) is 3.86. The quantitative estimate of drug-likeness (QED) is 0.740. The summed E-state index contributed by atoms with van der Waals surface area (Å²) in [6.07, 6.45) is 0.879. The van der Waals surface area contributed by atoms with E-state index in [4.69, 9.17) is 4.74 Å². The van der Waals surface area contributed by atoms with Gasteiger partial charge in [-0.05, 0) is 35.4 Å². The van der Waals surface area contributed by atoms with E-state index in [-0.39, 0.29) is 31.1 Å². The standard InChI is InChI=1S/C16H23N5O3/c1-4-11(2)14(9-22)17-15(23)10-24-13-7-5-12(6-8-13)16-18-20-21(3)19-16/h5-8,11,14,22H,4,9-10H2,1-3H3,(H,17,23). The van der Waals surface area contributed by atoms with Crippen molar-refractivity contribution in [2.45, 2.75) is 26.3 Å². The maximum absolute atomic E-state index is 11.9. The molecule has 0 aliphatic carbocycles. The molecule has 0 bridgehead atoms. The van der Waals surface area contributed by atoms with Crippen molar-refractivity contribution in [1.29, 1.82) is 0 Å². The van der Waals surface area contributed by atoms with E-state index in [9.17, 15) is 9.90 Å². The second-order valence-electron chi connectivity index (χ2n) is 5.66. The van der Waals surface area contributed by atoms with Crippen LogP contribution in [0.5, 0.6) is 5.75 Å². The van der Waals surface area contributed by atoms with E-state index in [1.807, 2.05) is 13.8 Å². The first-order chi connectivity index (χ1) is 11.5. The molecule has 0 aliphatic heterocycles. The third-order valence-electron chi connectivity index (χ3n) is 3.86. The minimum Gasteiger partial charge on any atom is -0.484 e. The molecular weight excluding hydrogens is 310 g/mol. The molecule has 0 radical (unpaired) electrons. The Hall–Kier alpha value is -2.48. The molecule has 0 saturated heterocycles. The molecule has 2 rings (SSSR count). The fourth-order valence-electron chi connectivity index (χ4n) is 2.15. The first-order valence-electron chi connectivity index (χ1n) is 7.91. The number of carbonyl (C=O) groups is 1. The summed E-state index contributed by atoms with van der Waals surface area (Å²) in [5.41, 5.74) is 0.817. The van der Waals surface area contributed by atoms with E-state index in [1.54, 1.807) is 31.3 Å². The number of nitrogens with one attached hydrogen (secondary N) is 1. The molecule has 24 heavy (non-hydrogen) atoms. The highest BCUT2D eigenvalue weighted by Gasteiger charge is 2.17. The third kappa shape index (κ3) is 4.76. The van der Waals surface area contributed by atoms with E-state index in [2.05, 4.69) is 20.7 Å². The largest absolute Gasteiger partial charge is 0.484 e. The monoisotopic (exact) mass is 333 g/mol. The van der Waals surface area contributed by atoms with Crippen molar-refractivity contribution in [2.75, 3.05) is 13.2 Å². The number of aryl methyl sites for hydroxylation is 1. The van der Waals surface area contributed by atoms with Crippen molar-refractivity contribution in [3.8, 4) is 17.1 Å². The number of tetrazole rings is 1. The zero-order valence-corrected chi connectivity index (χ0v) is 14.1. The number of amides is 1. The average Bonchev–Trinajstić information content (AvgIpc) is 3.04. The van der Waals surface area contributed by atoms with Gasteiger partial charge in [0.05, 0.1) is 19.7 Å². The maximum Gasteiger partial charge on any atom is 0.258 e. The number of aliphatic hydroxyl groups is 1. The predicted molar refractivity (Wildman–Crippen MR) is 88.2 cm³/mol. The highest BCUT2D eigenvalue weighted by atomic mass is 16.5. The summed E-state index contributed by atoms with van der Waals surface area (Å²) in [7, 11) is 1.70. The number of aliphatic hydroxyl groups excluding tert-OH is 1. The number of rotatable bonds is 8. The van der Waals surface area contributed by atoms with Gasteiger partial charge in [-0.25, -0.2) is 0 Å². The molecule has 0 saturated carbocycles. The van der Waals surface area contributed by atoms with Crippen LogP contribution in [0.3, 0.4) is 0 Å². The summed E-state index contributed by atoms with van der Waals surface area (Å²) in [4.78, 5) is 13.3. The summed E-state index contributed by atoms with van der Waals surface area (Å²) >= 11 is 0. The number of hydrogen-bond donors (Lipinski definition) is 2. The van der Waals surface area contributed by atoms with Crippen LogP contribution < -0.4 is 10.1 Å². The van der Waals surface area contributed by atoms with Gasteiger partial charge in [0, 0.05) is 5.56 Å². The van der Waals surface area contributed by atoms with Crippen molar-refractivity contribution in [1.82, 2.24) is 25.5 Å². The molecule has 1 amide bonds. The Labute approximate surface area is 140 Å². The Morgan fingerprint density at radius 1 is 1.38 bits per heavy atom. The van der Waals surface area contributed by atoms with Gasteiger partial charge in [-0.1, -0.05) is 20.3 Å². The van der Waals surface area contributed by atoms with Crippen LogP contribution in [0.25, 0.3) is 11.4 Å². The lowest BCUT2D eigenvalue weighted by Gasteiger charge is -2.22. The Bertz CT molecular complexity index is 656. The Balaban J connectivity index is 1.86. The van der Waals surface area contributed by atoms with Gasteiger partial charge >= 0.3 is 0 Å². The van der Waals surface area contributed by atoms with Gasteiger partial charge in [-0.2, -0.15) is 4.80 Å². The van der Waals surface area contributed by atoms with Gasteiger partial charge in [0.2, 0.25) is 5.82 Å². The number of aromatic nitrogens is 4. The van der Waals surface area contributed by atoms with Crippen LogP contribution in [0.1, 0.15) is 20.3 Å². The zero-order valence-electron chi connectivity index (χ0n) is 14.1. The first kappa shape index (κ1) is 17.9. The summed E-state index contributed by atoms with van der Waals surface area (Å²) in [5, 5.41) is 23.9. The van der Waals surface area contributed by atoms with E-state index >= 15 is 0 Å². The SMILES string of the molecule is CCC(C)C(CO)NC(=O)COc1ccc(-c2nnn(C)n2)cc1. The molecule has 1 aromatic carbocycles. The van der Waals surface area contributed by atoms with Gasteiger partial charge in [-0.3, -0.25) is 4.79 Å². The lowest BCUT2D eigenvalue weighted by molar-refractivity contribution is -0.124. The summed E-state index contributed by atoms with van der Waals surface area (Å²) in [6, 6.07) is 6.85. The summed E-state index contributed by atoms with van der Waals surface area (Å²) in [6.45, 7) is 3.82. The fraction of sp³-hybridized carbons (Fsp3) is 0.500. The molecule has 1 aromatic heterocycles. The zero-order chi connectivity index (χ0) is 17.5. The second-order valence-corrected chi connectivity index (χ2v) is 5.66. The summed E-state index contributed by atoms with van der Waals surface area (Å²) in [5.74, 6) is 1.05. The number of ether oxygens (including phenoxy) is 1. The van der Waals surface area contributed by atoms with Gasteiger partial charge < -0.3 is 15.2 Å². The van der Waals surface area contributed by atoms with Gasteiger partial charge in [-0.15, -0.1) is 10.2 Å². The van der Waals surface area contributed by atoms with E-state index in [0.29, 0.717) is 11.6 Å². The Morgan fingerprint density at radius 2 is 2.08 bits per heavy atom. The number of benzene rings is 1. The Kier molecular flexibility index (Phi) is 6.25. The van der Waals surface area contributed by atoms with Crippen molar-refractivity contribution in [3.05, 3.63) is 24.3 Å². The average molecular weight is 333 g/mol. The van der Waals surface area contributed by atoms with E-state index < -0.39 is 0 Å². The van der Waals surface area contributed by atoms with Crippen LogP contribution in [-0.2, 0) is 11.8 Å². The molecule has 2 atom stereocenters. The number of nitrogens with zero attached hydrogens (tertiary/aromatic N) is 4. The van der Waals surface area contributed by atoms with Gasteiger partial charge in [0.25, 0.3) is 5.91 Å². The minimum absolute atomic E-state index is 0.0828. The van der Waals surface area contributed by atoms with Gasteiger partial charge in [0.1, 0.15) is 5.75 Å². The van der Waals surface area contributed by atoms with Crippen molar-refractivity contribution in [2.24, 2.45) is 13.0 Å². The fourth-order valence-corrected chi connectivity index (χ4v) is 2.15. The molecule has 2 N–H and O–H groups in total. The molecule has 2 aromatic rings. The molecule has 8 heteroatoms. The maximum atomic E-state index is 11.9. The van der Waals surface area contributed by atoms with E-state index in [0.717, 1.165) is 12.0 Å². The van der Waals surface area contributed by atoms with Crippen LogP contribution in [0.2, 0.25) is 0 Å². The van der Waals surface area contributed by atoms with Gasteiger partial charge in [0.15, 0.2) is 6.61 Å². The predicted octanol–water partition coefficient (Wildman–Crippen LogP) is 0.779. The van der Waals surface area contributed by atoms with Crippen LogP contribution in [0, 0.1) is 5.92 Å². The molecule has 0 spiro atoms. The highest BCUT2D eigenvalue weighted by molar-refractivity contribution is 5.77. The first-order valence-corrected chi connectivity index (χ1v) is 7.91. The van der Waals surface area contributed by atoms with Crippen molar-refractivity contribution in [3.63, 3.8) is 0 Å². The number of carbonyl (C=O) groups excluding carboxylic acids is 1. The van der Waals surface area contributed by atoms with Crippen molar-refractivity contribution < 1.29 is 14.6 Å². The minimum atomic E-state index is -0.256. The lowest BCUT2D eigenvalue weighted by atomic mass is 10.00. The number of hydrogen-bond acceptors (Lipinski definition) is 6. The molecule has 130 valence electrons. The lowest BCUT2D eigenvalue weighted by Crippen LogP contribution is -2.43. The second kappa shape index (κ2) is 8.39. The van der Waals surface area contributed by atoms with Crippen LogP contribution in [0.15, 0.2) is 24.3 Å². The molecule has 8 nitrogen and oxygen atoms in total. The molecular formula is C16H23N5O3. The molecule has 2 unspecified atom stereocenters. The van der Waals surface area contributed by atoms with Crippen LogP contribution in [0.4, 0.5) is 0 Å². The normalized spacial score (nSPS) is 13.3. The molecule has 0 aliphatic rings. The smallest absolute Gasteiger partial charge is 0.258 e. The van der Waals surface area contributed by atoms with Crippen LogP contribution in [-0.4, -0.2) is 50.5 Å². The Morgan fingerprint density at radius 3 is 2.62 bits per heavy atom. The highest BCUT2D eigenvalue weighted by Crippen LogP contribution is 2.18. The summed E-state index contributed by atoms with van der Waals surface area (Å²) < 4.78 is 5.47. The van der Waals surface area contributed by atoms with E-state index in [1.165, 1.54) is 4.80 Å². The molecule has 0 fully saturated rings. The van der Waals surface area contributed by atoms with Crippen LogP contribution >= 0.6 is 0 Å². The van der Waals surface area contributed by atoms with Crippen molar-refractivity contribution >= 4 is 5.91 Å². The molecule has 1 heterocycles. The topological polar surface area (TPSA) is 102 Å².